The Bertz CT molecular complexity index is 890. The molecular formula is C20H20N2O3S. The van der Waals surface area contributed by atoms with E-state index >= 15 is 0 Å². The molecule has 1 N–H and O–H groups in total. The molecule has 2 amide bonds. The van der Waals surface area contributed by atoms with E-state index in [0.717, 1.165) is 24.1 Å². The Labute approximate surface area is 155 Å². The van der Waals surface area contributed by atoms with Gasteiger partial charge in [-0.25, -0.2) is 0 Å². The monoisotopic (exact) mass is 368 g/mol. The number of nitrogens with zero attached hydrogens (tertiary/aromatic N) is 1. The van der Waals surface area contributed by atoms with Crippen molar-refractivity contribution in [3.63, 3.8) is 0 Å². The van der Waals surface area contributed by atoms with E-state index in [2.05, 4.69) is 11.9 Å². The molecule has 5 nitrogen and oxygen atoms in total. The van der Waals surface area contributed by atoms with Gasteiger partial charge < -0.3 is 10.2 Å². The topological polar surface area (TPSA) is 66.5 Å². The third-order valence-electron chi connectivity index (χ3n) is 4.35. The quantitative estimate of drug-likeness (QED) is 0.843. The van der Waals surface area contributed by atoms with Crippen molar-refractivity contribution < 1.29 is 13.8 Å². The zero-order valence-electron chi connectivity index (χ0n) is 14.5. The van der Waals surface area contributed by atoms with Crippen LogP contribution in [0.2, 0.25) is 0 Å². The van der Waals surface area contributed by atoms with Crippen LogP contribution in [0.3, 0.4) is 0 Å². The number of benzene rings is 2. The van der Waals surface area contributed by atoms with Gasteiger partial charge in [-0.05, 0) is 66.9 Å². The van der Waals surface area contributed by atoms with Crippen LogP contribution in [-0.2, 0) is 22.0 Å². The van der Waals surface area contributed by atoms with Crippen LogP contribution < -0.4 is 10.2 Å². The first-order chi connectivity index (χ1) is 12.5. The number of anilines is 2. The molecule has 3 rings (SSSR count). The van der Waals surface area contributed by atoms with Crippen LogP contribution in [0, 0.1) is 0 Å². The fourth-order valence-electron chi connectivity index (χ4n) is 3.01. The fourth-order valence-corrected chi connectivity index (χ4v) is 3.53. The third kappa shape index (κ3) is 3.75. The molecule has 1 heterocycles. The van der Waals surface area contributed by atoms with E-state index in [0.29, 0.717) is 22.7 Å². The number of aryl methyl sites for hydroxylation is 1. The van der Waals surface area contributed by atoms with E-state index in [1.54, 1.807) is 41.5 Å². The molecule has 2 aromatic rings. The van der Waals surface area contributed by atoms with Crippen LogP contribution in [0.4, 0.5) is 11.4 Å². The van der Waals surface area contributed by atoms with Crippen LogP contribution in [0.5, 0.6) is 0 Å². The lowest BCUT2D eigenvalue weighted by Crippen LogP contribution is -2.34. The molecule has 1 unspecified atom stereocenters. The summed E-state index contributed by atoms with van der Waals surface area (Å²) in [6.07, 6.45) is 4.60. The lowest BCUT2D eigenvalue weighted by atomic mass is 9.98. The second-order valence-corrected chi connectivity index (χ2v) is 7.45. The number of carbonyl (C=O) groups is 2. The SMILES string of the molecule is C=CC(=O)N1CCCc2cc(C(=O)Nc3ccc(S(C)=O)cc3)ccc21. The van der Waals surface area contributed by atoms with Crippen LogP contribution in [0.25, 0.3) is 0 Å². The number of hydrogen-bond donors (Lipinski definition) is 1. The second kappa shape index (κ2) is 7.66. The number of fused-ring (bicyclic) bond motifs is 1. The van der Waals surface area contributed by atoms with Gasteiger partial charge in [0.2, 0.25) is 5.91 Å². The molecule has 0 saturated heterocycles. The van der Waals surface area contributed by atoms with Crippen molar-refractivity contribution in [2.45, 2.75) is 17.7 Å². The molecule has 0 bridgehead atoms. The lowest BCUT2D eigenvalue weighted by molar-refractivity contribution is -0.114. The predicted octanol–water partition coefficient (Wildman–Crippen LogP) is 3.14. The Kier molecular flexibility index (Phi) is 5.32. The van der Waals surface area contributed by atoms with Crippen LogP contribution in [0.15, 0.2) is 60.0 Å². The van der Waals surface area contributed by atoms with Gasteiger partial charge >= 0.3 is 0 Å². The summed E-state index contributed by atoms with van der Waals surface area (Å²) in [6.45, 7) is 4.21. The van der Waals surface area contributed by atoms with E-state index in [4.69, 9.17) is 0 Å². The summed E-state index contributed by atoms with van der Waals surface area (Å²) >= 11 is 0. The van der Waals surface area contributed by atoms with Gasteiger partial charge in [-0.15, -0.1) is 0 Å². The van der Waals surface area contributed by atoms with Crippen molar-refractivity contribution in [1.82, 2.24) is 0 Å². The third-order valence-corrected chi connectivity index (χ3v) is 5.28. The standard InChI is InChI=1S/C20H20N2O3S/c1-3-19(23)22-12-4-5-14-13-15(6-11-18(14)22)20(24)21-16-7-9-17(10-8-16)26(2)25/h3,6-11,13H,1,4-5,12H2,2H3,(H,21,24). The van der Waals surface area contributed by atoms with Crippen molar-refractivity contribution in [2.24, 2.45) is 0 Å². The van der Waals surface area contributed by atoms with E-state index in [1.807, 2.05) is 12.1 Å². The van der Waals surface area contributed by atoms with E-state index < -0.39 is 10.8 Å². The summed E-state index contributed by atoms with van der Waals surface area (Å²) in [4.78, 5) is 26.9. The summed E-state index contributed by atoms with van der Waals surface area (Å²) < 4.78 is 11.4. The lowest BCUT2D eigenvalue weighted by Gasteiger charge is -2.28. The molecule has 0 aliphatic carbocycles. The Balaban J connectivity index is 1.79. The largest absolute Gasteiger partial charge is 0.322 e. The first kappa shape index (κ1) is 18.1. The highest BCUT2D eigenvalue weighted by Crippen LogP contribution is 2.28. The molecule has 2 aromatic carbocycles. The Morgan fingerprint density at radius 2 is 1.92 bits per heavy atom. The first-order valence-corrected chi connectivity index (χ1v) is 9.87. The zero-order chi connectivity index (χ0) is 18.7. The van der Waals surface area contributed by atoms with Crippen LogP contribution in [0.1, 0.15) is 22.3 Å². The van der Waals surface area contributed by atoms with Crippen LogP contribution in [-0.4, -0.2) is 28.8 Å². The average Bonchev–Trinajstić information content (AvgIpc) is 2.66. The maximum absolute atomic E-state index is 12.5. The molecule has 1 aliphatic rings. The van der Waals surface area contributed by atoms with Gasteiger partial charge in [-0.2, -0.15) is 0 Å². The Morgan fingerprint density at radius 3 is 2.58 bits per heavy atom. The second-order valence-electron chi connectivity index (χ2n) is 6.07. The van der Waals surface area contributed by atoms with Gasteiger partial charge in [0, 0.05) is 45.4 Å². The van der Waals surface area contributed by atoms with Gasteiger partial charge in [0.15, 0.2) is 0 Å². The predicted molar refractivity (Wildman–Crippen MR) is 104 cm³/mol. The van der Waals surface area contributed by atoms with E-state index in [1.165, 1.54) is 6.08 Å². The molecule has 1 aliphatic heterocycles. The average molecular weight is 368 g/mol. The van der Waals surface area contributed by atoms with Crippen molar-refractivity contribution in [1.29, 1.82) is 0 Å². The van der Waals surface area contributed by atoms with Gasteiger partial charge in [0.05, 0.1) is 0 Å². The summed E-state index contributed by atoms with van der Waals surface area (Å²) in [5.41, 5.74) is 3.01. The van der Waals surface area contributed by atoms with E-state index in [-0.39, 0.29) is 11.8 Å². The normalized spacial score (nSPS) is 14.3. The van der Waals surface area contributed by atoms with Gasteiger partial charge in [0.25, 0.3) is 5.91 Å². The number of rotatable bonds is 4. The molecule has 134 valence electrons. The molecule has 0 radical (unpaired) electrons. The number of hydrogen-bond acceptors (Lipinski definition) is 3. The number of carbonyl (C=O) groups excluding carboxylic acids is 2. The minimum absolute atomic E-state index is 0.128. The Hall–Kier alpha value is -2.73. The highest BCUT2D eigenvalue weighted by atomic mass is 32.2. The summed E-state index contributed by atoms with van der Waals surface area (Å²) in [7, 11) is -1.05. The van der Waals surface area contributed by atoms with E-state index in [9.17, 15) is 13.8 Å². The molecule has 6 heteroatoms. The molecule has 0 spiro atoms. The minimum Gasteiger partial charge on any atom is -0.322 e. The summed E-state index contributed by atoms with van der Waals surface area (Å²) in [5.74, 6) is -0.345. The minimum atomic E-state index is -1.05. The molecule has 0 saturated carbocycles. The molecule has 0 aromatic heterocycles. The van der Waals surface area contributed by atoms with Crippen molar-refractivity contribution >= 4 is 34.0 Å². The maximum Gasteiger partial charge on any atom is 0.255 e. The first-order valence-electron chi connectivity index (χ1n) is 8.31. The number of nitrogens with one attached hydrogen (secondary N) is 1. The van der Waals surface area contributed by atoms with Gasteiger partial charge in [-0.3, -0.25) is 13.8 Å². The summed E-state index contributed by atoms with van der Waals surface area (Å²) in [5, 5.41) is 2.84. The molecule has 26 heavy (non-hydrogen) atoms. The highest BCUT2D eigenvalue weighted by molar-refractivity contribution is 7.84. The highest BCUT2D eigenvalue weighted by Gasteiger charge is 2.21. The zero-order valence-corrected chi connectivity index (χ0v) is 15.3. The molecule has 1 atom stereocenters. The van der Waals surface area contributed by atoms with Crippen LogP contribution >= 0.6 is 0 Å². The fraction of sp³-hybridized carbons (Fsp3) is 0.200. The molecule has 0 fully saturated rings. The van der Waals surface area contributed by atoms with Crippen molar-refractivity contribution in [2.75, 3.05) is 23.0 Å². The molecular weight excluding hydrogens is 348 g/mol. The number of amides is 2. The summed E-state index contributed by atoms with van der Waals surface area (Å²) in [6, 6.07) is 12.3. The van der Waals surface area contributed by atoms with Crippen molar-refractivity contribution in [3.05, 3.63) is 66.2 Å². The Morgan fingerprint density at radius 1 is 1.19 bits per heavy atom. The smallest absolute Gasteiger partial charge is 0.255 e. The van der Waals surface area contributed by atoms with Gasteiger partial charge in [-0.1, -0.05) is 6.58 Å². The van der Waals surface area contributed by atoms with Crippen molar-refractivity contribution in [3.8, 4) is 0 Å². The maximum atomic E-state index is 12.5. The van der Waals surface area contributed by atoms with Gasteiger partial charge in [0.1, 0.15) is 0 Å².